The lowest BCUT2D eigenvalue weighted by Gasteiger charge is -2.10. The smallest absolute Gasteiger partial charge is 0.152 e. The van der Waals surface area contributed by atoms with E-state index in [4.69, 9.17) is 28.9 Å². The Balaban J connectivity index is 2.34. The predicted octanol–water partition coefficient (Wildman–Crippen LogP) is 4.23. The van der Waals surface area contributed by atoms with E-state index in [1.165, 1.54) is 0 Å². The number of anilines is 3. The summed E-state index contributed by atoms with van der Waals surface area (Å²) in [6.07, 6.45) is 0.983. The first-order valence-corrected chi connectivity index (χ1v) is 6.83. The normalized spacial score (nSPS) is 10.7. The first-order valence-electron chi connectivity index (χ1n) is 6.08. The Hall–Kier alpha value is -1.39. The van der Waals surface area contributed by atoms with Crippen molar-refractivity contribution >= 4 is 40.4 Å². The Morgan fingerprint density at radius 3 is 2.68 bits per heavy atom. The second kappa shape index (κ2) is 5.72. The van der Waals surface area contributed by atoms with Gasteiger partial charge >= 0.3 is 0 Å². The molecule has 0 unspecified atom stereocenters. The molecule has 0 atom stereocenters. The van der Waals surface area contributed by atoms with Gasteiger partial charge in [0.05, 0.1) is 21.4 Å². The minimum absolute atomic E-state index is 0.503. The number of hydrogen-bond donors (Lipinski definition) is 2. The van der Waals surface area contributed by atoms with Gasteiger partial charge in [-0.1, -0.05) is 30.1 Å². The number of nitrogens with two attached hydrogens (primary N) is 1. The van der Waals surface area contributed by atoms with E-state index in [0.717, 1.165) is 30.2 Å². The van der Waals surface area contributed by atoms with Gasteiger partial charge in [0.2, 0.25) is 0 Å². The van der Waals surface area contributed by atoms with Crippen LogP contribution in [-0.2, 0) is 6.54 Å². The zero-order chi connectivity index (χ0) is 14.0. The van der Waals surface area contributed by atoms with Crippen molar-refractivity contribution in [2.24, 2.45) is 0 Å². The van der Waals surface area contributed by atoms with Crippen molar-refractivity contribution in [1.29, 1.82) is 0 Å². The molecule has 3 N–H and O–H groups in total. The van der Waals surface area contributed by atoms with E-state index in [9.17, 15) is 0 Å². The molecule has 19 heavy (non-hydrogen) atoms. The van der Waals surface area contributed by atoms with E-state index < -0.39 is 0 Å². The Labute approximate surface area is 122 Å². The maximum atomic E-state index is 6.04. The van der Waals surface area contributed by atoms with Gasteiger partial charge in [-0.25, -0.2) is 4.68 Å². The largest absolute Gasteiger partial charge is 0.394 e. The van der Waals surface area contributed by atoms with Crippen LogP contribution in [-0.4, -0.2) is 9.78 Å². The topological polar surface area (TPSA) is 55.9 Å². The van der Waals surface area contributed by atoms with Crippen LogP contribution in [0.5, 0.6) is 0 Å². The van der Waals surface area contributed by atoms with Crippen molar-refractivity contribution in [3.8, 4) is 0 Å². The molecule has 0 radical (unpaired) electrons. The number of rotatable bonds is 4. The van der Waals surface area contributed by atoms with Crippen LogP contribution in [0.25, 0.3) is 0 Å². The van der Waals surface area contributed by atoms with Gasteiger partial charge < -0.3 is 11.1 Å². The molecule has 0 amide bonds. The molecule has 1 heterocycles. The molecular formula is C13H16Cl2N4. The van der Waals surface area contributed by atoms with E-state index in [1.54, 1.807) is 12.1 Å². The van der Waals surface area contributed by atoms with Crippen LogP contribution in [0, 0.1) is 6.92 Å². The van der Waals surface area contributed by atoms with Crippen LogP contribution in [0.4, 0.5) is 17.2 Å². The number of nitrogen functional groups attached to an aromatic ring is 1. The van der Waals surface area contributed by atoms with Gasteiger partial charge in [0, 0.05) is 12.2 Å². The SMILES string of the molecule is CCCn1nc(C)c(N)c1Nc1ccc(Cl)c(Cl)c1. The van der Waals surface area contributed by atoms with Gasteiger partial charge in [-0.15, -0.1) is 0 Å². The Morgan fingerprint density at radius 1 is 1.32 bits per heavy atom. The highest BCUT2D eigenvalue weighted by Crippen LogP contribution is 2.30. The number of benzene rings is 1. The average Bonchev–Trinajstić information content (AvgIpc) is 2.62. The predicted molar refractivity (Wildman–Crippen MR) is 81.4 cm³/mol. The highest BCUT2D eigenvalue weighted by Gasteiger charge is 2.12. The molecule has 0 fully saturated rings. The molecule has 0 saturated heterocycles. The third-order valence-electron chi connectivity index (χ3n) is 2.79. The first-order chi connectivity index (χ1) is 9.02. The van der Waals surface area contributed by atoms with Crippen LogP contribution in [0.1, 0.15) is 19.0 Å². The number of aromatic nitrogens is 2. The molecule has 0 bridgehead atoms. The van der Waals surface area contributed by atoms with Crippen molar-refractivity contribution in [3.63, 3.8) is 0 Å². The standard InChI is InChI=1S/C13H16Cl2N4/c1-3-6-19-13(12(16)8(2)18-19)17-9-4-5-10(14)11(15)7-9/h4-5,7,17H,3,6,16H2,1-2H3. The molecule has 0 aliphatic carbocycles. The van der Waals surface area contributed by atoms with E-state index in [-0.39, 0.29) is 0 Å². The second-order valence-electron chi connectivity index (χ2n) is 4.32. The van der Waals surface area contributed by atoms with Crippen LogP contribution in [0.15, 0.2) is 18.2 Å². The molecule has 6 heteroatoms. The second-order valence-corrected chi connectivity index (χ2v) is 5.14. The monoisotopic (exact) mass is 298 g/mol. The summed E-state index contributed by atoms with van der Waals surface area (Å²) in [6.45, 7) is 4.79. The number of hydrogen-bond acceptors (Lipinski definition) is 3. The summed E-state index contributed by atoms with van der Waals surface area (Å²) < 4.78 is 1.87. The van der Waals surface area contributed by atoms with E-state index in [1.807, 2.05) is 17.7 Å². The van der Waals surface area contributed by atoms with Gasteiger partial charge in [-0.2, -0.15) is 5.10 Å². The van der Waals surface area contributed by atoms with Crippen molar-refractivity contribution in [2.45, 2.75) is 26.8 Å². The molecule has 2 aromatic rings. The molecule has 0 saturated carbocycles. The number of nitrogens with zero attached hydrogens (tertiary/aromatic N) is 2. The highest BCUT2D eigenvalue weighted by atomic mass is 35.5. The molecular weight excluding hydrogens is 283 g/mol. The zero-order valence-electron chi connectivity index (χ0n) is 10.9. The Kier molecular flexibility index (Phi) is 4.22. The minimum atomic E-state index is 0.503. The van der Waals surface area contributed by atoms with Gasteiger partial charge in [0.1, 0.15) is 0 Å². The van der Waals surface area contributed by atoms with Crippen LogP contribution >= 0.6 is 23.2 Å². The molecule has 0 aliphatic rings. The number of aryl methyl sites for hydroxylation is 2. The Bertz CT molecular complexity index is 593. The van der Waals surface area contributed by atoms with Crippen molar-refractivity contribution in [3.05, 3.63) is 33.9 Å². The minimum Gasteiger partial charge on any atom is -0.394 e. The maximum absolute atomic E-state index is 6.04. The highest BCUT2D eigenvalue weighted by molar-refractivity contribution is 6.42. The van der Waals surface area contributed by atoms with Crippen molar-refractivity contribution in [2.75, 3.05) is 11.1 Å². The summed E-state index contributed by atoms with van der Waals surface area (Å²) >= 11 is 11.9. The molecule has 2 rings (SSSR count). The van der Waals surface area contributed by atoms with Gasteiger partial charge in [0.15, 0.2) is 5.82 Å². The van der Waals surface area contributed by atoms with E-state index >= 15 is 0 Å². The quantitative estimate of drug-likeness (QED) is 0.888. The summed E-state index contributed by atoms with van der Waals surface area (Å²) in [5.41, 5.74) is 8.34. The summed E-state index contributed by atoms with van der Waals surface area (Å²) in [5, 5.41) is 8.68. The molecule has 1 aromatic heterocycles. The van der Waals surface area contributed by atoms with Crippen LogP contribution in [0.2, 0.25) is 10.0 Å². The summed E-state index contributed by atoms with van der Waals surface area (Å²) in [6, 6.07) is 5.37. The fourth-order valence-corrected chi connectivity index (χ4v) is 2.11. The molecule has 0 aliphatic heterocycles. The fraction of sp³-hybridized carbons (Fsp3) is 0.308. The van der Waals surface area contributed by atoms with Gasteiger partial charge in [-0.05, 0) is 31.5 Å². The molecule has 102 valence electrons. The summed E-state index contributed by atoms with van der Waals surface area (Å²) in [5.74, 6) is 0.790. The number of nitrogens with one attached hydrogen (secondary N) is 1. The van der Waals surface area contributed by atoms with Crippen molar-refractivity contribution < 1.29 is 0 Å². The van der Waals surface area contributed by atoms with Crippen LogP contribution in [0.3, 0.4) is 0 Å². The van der Waals surface area contributed by atoms with Crippen molar-refractivity contribution in [1.82, 2.24) is 9.78 Å². The molecule has 4 nitrogen and oxygen atoms in total. The molecule has 1 aromatic carbocycles. The fourth-order valence-electron chi connectivity index (χ4n) is 1.81. The van der Waals surface area contributed by atoms with Gasteiger partial charge in [0.25, 0.3) is 0 Å². The third-order valence-corrected chi connectivity index (χ3v) is 3.53. The van der Waals surface area contributed by atoms with Crippen LogP contribution < -0.4 is 11.1 Å². The van der Waals surface area contributed by atoms with Gasteiger partial charge in [-0.3, -0.25) is 0 Å². The maximum Gasteiger partial charge on any atom is 0.152 e. The first kappa shape index (κ1) is 14.0. The third kappa shape index (κ3) is 2.96. The zero-order valence-corrected chi connectivity index (χ0v) is 12.4. The summed E-state index contributed by atoms with van der Waals surface area (Å²) in [7, 11) is 0. The van der Waals surface area contributed by atoms with E-state index in [2.05, 4.69) is 17.3 Å². The average molecular weight is 299 g/mol. The summed E-state index contributed by atoms with van der Waals surface area (Å²) in [4.78, 5) is 0. The lowest BCUT2D eigenvalue weighted by atomic mass is 10.3. The Morgan fingerprint density at radius 2 is 2.05 bits per heavy atom. The molecule has 0 spiro atoms. The lowest BCUT2D eigenvalue weighted by Crippen LogP contribution is -2.05. The lowest BCUT2D eigenvalue weighted by molar-refractivity contribution is 0.605. The van der Waals surface area contributed by atoms with E-state index in [0.29, 0.717) is 15.7 Å². The number of halogens is 2.